The lowest BCUT2D eigenvalue weighted by Gasteiger charge is -2.18. The zero-order valence-electron chi connectivity index (χ0n) is 36.0. The third-order valence-corrected chi connectivity index (χ3v) is 10.9. The molecule has 0 aliphatic rings. The molecule has 1 unspecified atom stereocenters. The topological polar surface area (TPSA) is 78.9 Å². The molecule has 0 N–H and O–H groups in total. The van der Waals surface area contributed by atoms with Crippen molar-refractivity contribution in [2.45, 2.75) is 265 Å². The van der Waals surface area contributed by atoms with Gasteiger partial charge in [-0.2, -0.15) is 0 Å². The Morgan fingerprint density at radius 1 is 0.377 bits per heavy atom. The molecule has 6 nitrogen and oxygen atoms in total. The first-order valence-corrected chi connectivity index (χ1v) is 23.4. The highest BCUT2D eigenvalue weighted by molar-refractivity contribution is 5.71. The highest BCUT2D eigenvalue weighted by atomic mass is 16.6. The fourth-order valence-corrected chi connectivity index (χ4v) is 6.95. The molecule has 314 valence electrons. The number of carbonyl (C=O) groups is 3. The molecule has 0 spiro atoms. The van der Waals surface area contributed by atoms with Gasteiger partial charge in [0.05, 0.1) is 0 Å². The van der Waals surface area contributed by atoms with E-state index in [1.807, 2.05) is 0 Å². The van der Waals surface area contributed by atoms with Crippen molar-refractivity contribution in [3.63, 3.8) is 0 Å². The molecule has 6 heteroatoms. The van der Waals surface area contributed by atoms with Gasteiger partial charge in [0, 0.05) is 19.3 Å². The first kappa shape index (κ1) is 51.4. The van der Waals surface area contributed by atoms with Crippen molar-refractivity contribution in [3.8, 4) is 0 Å². The van der Waals surface area contributed by atoms with E-state index in [9.17, 15) is 14.4 Å². The second-order valence-electron chi connectivity index (χ2n) is 16.3. The molecule has 0 bridgehead atoms. The Morgan fingerprint density at radius 3 is 0.981 bits per heavy atom. The van der Waals surface area contributed by atoms with Crippen LogP contribution in [-0.4, -0.2) is 37.2 Å². The summed E-state index contributed by atoms with van der Waals surface area (Å²) in [6.07, 6.45) is 40.9. The van der Waals surface area contributed by atoms with Crippen LogP contribution in [0.3, 0.4) is 0 Å². The van der Waals surface area contributed by atoms with Gasteiger partial charge in [0.2, 0.25) is 0 Å². The van der Waals surface area contributed by atoms with Crippen LogP contribution >= 0.6 is 0 Å². The van der Waals surface area contributed by atoms with Gasteiger partial charge in [-0.3, -0.25) is 14.4 Å². The fourth-order valence-electron chi connectivity index (χ4n) is 6.95. The van der Waals surface area contributed by atoms with Gasteiger partial charge in [0.15, 0.2) is 6.10 Å². The Morgan fingerprint density at radius 2 is 0.660 bits per heavy atom. The fraction of sp³-hybridized carbons (Fsp3) is 0.936. The molecule has 0 aromatic rings. The van der Waals surface area contributed by atoms with E-state index in [1.54, 1.807) is 0 Å². The summed E-state index contributed by atoms with van der Waals surface area (Å²) in [4.78, 5) is 37.6. The van der Waals surface area contributed by atoms with Crippen LogP contribution in [0.15, 0.2) is 0 Å². The summed E-state index contributed by atoms with van der Waals surface area (Å²) in [6, 6.07) is 0. The number of ether oxygens (including phenoxy) is 3. The predicted molar refractivity (Wildman–Crippen MR) is 224 cm³/mol. The molecule has 0 saturated heterocycles. The summed E-state index contributed by atoms with van der Waals surface area (Å²) in [5.41, 5.74) is 0. The minimum atomic E-state index is -0.758. The van der Waals surface area contributed by atoms with Gasteiger partial charge in [0.1, 0.15) is 13.2 Å². The van der Waals surface area contributed by atoms with E-state index < -0.39 is 6.10 Å². The van der Waals surface area contributed by atoms with Gasteiger partial charge < -0.3 is 14.2 Å². The molecule has 0 aliphatic carbocycles. The zero-order valence-corrected chi connectivity index (χ0v) is 36.0. The van der Waals surface area contributed by atoms with Crippen LogP contribution in [0.1, 0.15) is 259 Å². The third kappa shape index (κ3) is 39.9. The average Bonchev–Trinajstić information content (AvgIpc) is 3.15. The summed E-state index contributed by atoms with van der Waals surface area (Å²) in [5, 5.41) is 0. The Kier molecular flexibility index (Phi) is 40.3. The lowest BCUT2D eigenvalue weighted by molar-refractivity contribution is -0.167. The largest absolute Gasteiger partial charge is 0.462 e. The Balaban J connectivity index is 4.21. The maximum Gasteiger partial charge on any atom is 0.306 e. The third-order valence-electron chi connectivity index (χ3n) is 10.9. The second kappa shape index (κ2) is 41.6. The van der Waals surface area contributed by atoms with E-state index in [1.165, 1.54) is 154 Å². The molecule has 0 aromatic carbocycles. The van der Waals surface area contributed by atoms with Crippen molar-refractivity contribution in [3.05, 3.63) is 0 Å². The van der Waals surface area contributed by atoms with Gasteiger partial charge in [-0.25, -0.2) is 0 Å². The molecule has 0 heterocycles. The quantitative estimate of drug-likeness (QED) is 0.0351. The molecule has 0 rings (SSSR count). The zero-order chi connectivity index (χ0) is 38.9. The van der Waals surface area contributed by atoms with Crippen LogP contribution in [0.4, 0.5) is 0 Å². The Labute approximate surface area is 329 Å². The molecule has 0 amide bonds. The maximum absolute atomic E-state index is 12.6. The normalized spacial score (nSPS) is 12.5. The maximum atomic E-state index is 12.6. The summed E-state index contributed by atoms with van der Waals surface area (Å²) >= 11 is 0. The monoisotopic (exact) mass is 751 g/mol. The van der Waals surface area contributed by atoms with E-state index in [-0.39, 0.29) is 31.1 Å². The smallest absolute Gasteiger partial charge is 0.306 e. The predicted octanol–water partition coefficient (Wildman–Crippen LogP) is 14.7. The lowest BCUT2D eigenvalue weighted by atomic mass is 9.99. The van der Waals surface area contributed by atoms with Crippen molar-refractivity contribution >= 4 is 17.9 Å². The second-order valence-corrected chi connectivity index (χ2v) is 16.3. The molecular weight excluding hydrogens is 661 g/mol. The van der Waals surface area contributed by atoms with Crippen molar-refractivity contribution < 1.29 is 28.6 Å². The van der Waals surface area contributed by atoms with Crippen molar-refractivity contribution in [2.75, 3.05) is 13.2 Å². The van der Waals surface area contributed by atoms with Crippen molar-refractivity contribution in [1.29, 1.82) is 0 Å². The highest BCUT2D eigenvalue weighted by Crippen LogP contribution is 2.17. The summed E-state index contributed by atoms with van der Waals surface area (Å²) in [5.74, 6) is -0.0122. The first-order chi connectivity index (χ1) is 25.9. The number of esters is 3. The standard InChI is InChI=1S/C47H90O6/c1-5-8-10-12-14-15-16-17-18-19-20-21-22-27-30-34-38-45(48)51-41-44(53-47(50)40-36-32-25-13-11-9-6-2)42-52-46(49)39-35-31-28-24-23-26-29-33-37-43(4)7-3/h43-44H,5-42H2,1-4H3/t43?,44-/m0/s1. The minimum absolute atomic E-state index is 0.0644. The SMILES string of the molecule is CCCCCCCCCCCCCCCCCCC(=O)OC[C@@H](COC(=O)CCCCCCCCCCC(C)CC)OC(=O)CCCCCCCCC. The first-order valence-electron chi connectivity index (χ1n) is 23.4. The Bertz CT molecular complexity index is 798. The lowest BCUT2D eigenvalue weighted by Crippen LogP contribution is -2.30. The number of hydrogen-bond acceptors (Lipinski definition) is 6. The van der Waals surface area contributed by atoms with Gasteiger partial charge >= 0.3 is 17.9 Å². The molecule has 0 saturated carbocycles. The number of carbonyl (C=O) groups excluding carboxylic acids is 3. The molecule has 0 aliphatic heterocycles. The average molecular weight is 751 g/mol. The molecule has 0 fully saturated rings. The van der Waals surface area contributed by atoms with Crippen LogP contribution < -0.4 is 0 Å². The van der Waals surface area contributed by atoms with Crippen molar-refractivity contribution in [2.24, 2.45) is 5.92 Å². The molecule has 2 atom stereocenters. The van der Waals surface area contributed by atoms with Crippen LogP contribution in [0, 0.1) is 5.92 Å². The van der Waals surface area contributed by atoms with E-state index in [2.05, 4.69) is 27.7 Å². The molecular formula is C47H90O6. The molecule has 0 radical (unpaired) electrons. The van der Waals surface area contributed by atoms with E-state index in [4.69, 9.17) is 14.2 Å². The van der Waals surface area contributed by atoms with Gasteiger partial charge in [-0.05, 0) is 25.2 Å². The minimum Gasteiger partial charge on any atom is -0.462 e. The molecule has 0 aromatic heterocycles. The summed E-state index contributed by atoms with van der Waals surface area (Å²) < 4.78 is 16.7. The van der Waals surface area contributed by atoms with Gasteiger partial charge in [-0.15, -0.1) is 0 Å². The van der Waals surface area contributed by atoms with E-state index in [0.717, 1.165) is 63.7 Å². The summed E-state index contributed by atoms with van der Waals surface area (Å²) in [7, 11) is 0. The van der Waals surface area contributed by atoms with Crippen LogP contribution in [0.25, 0.3) is 0 Å². The van der Waals surface area contributed by atoms with E-state index in [0.29, 0.717) is 19.3 Å². The van der Waals surface area contributed by atoms with E-state index >= 15 is 0 Å². The van der Waals surface area contributed by atoms with Crippen LogP contribution in [0.2, 0.25) is 0 Å². The highest BCUT2D eigenvalue weighted by Gasteiger charge is 2.19. The van der Waals surface area contributed by atoms with Crippen LogP contribution in [0.5, 0.6) is 0 Å². The number of hydrogen-bond donors (Lipinski definition) is 0. The van der Waals surface area contributed by atoms with Crippen molar-refractivity contribution in [1.82, 2.24) is 0 Å². The van der Waals surface area contributed by atoms with Crippen LogP contribution in [-0.2, 0) is 28.6 Å². The molecule has 53 heavy (non-hydrogen) atoms. The van der Waals surface area contributed by atoms with Gasteiger partial charge in [0.25, 0.3) is 0 Å². The number of unbranched alkanes of at least 4 members (excludes halogenated alkanes) is 28. The summed E-state index contributed by atoms with van der Waals surface area (Å²) in [6.45, 7) is 8.97. The Hall–Kier alpha value is -1.59. The number of rotatable bonds is 42. The van der Waals surface area contributed by atoms with Gasteiger partial charge in [-0.1, -0.05) is 220 Å².